The molecule has 3 unspecified atom stereocenters. The van der Waals surface area contributed by atoms with Crippen LogP contribution < -0.4 is 5.32 Å². The Morgan fingerprint density at radius 2 is 2.00 bits per heavy atom. The minimum absolute atomic E-state index is 0.148. The van der Waals surface area contributed by atoms with E-state index in [1.165, 1.54) is 32.1 Å². The van der Waals surface area contributed by atoms with Crippen LogP contribution in [0.3, 0.4) is 0 Å². The minimum Gasteiger partial charge on any atom is -0.307 e. The number of nitro groups is 1. The molecule has 0 aromatic heterocycles. The fraction of sp³-hybridized carbons (Fsp3) is 0.647. The van der Waals surface area contributed by atoms with Gasteiger partial charge in [0.2, 0.25) is 0 Å². The Labute approximate surface area is 127 Å². The summed E-state index contributed by atoms with van der Waals surface area (Å²) in [5.74, 6) is 0.676. The van der Waals surface area contributed by atoms with Gasteiger partial charge in [0.15, 0.2) is 0 Å². The van der Waals surface area contributed by atoms with Crippen molar-refractivity contribution in [2.45, 2.75) is 65.0 Å². The fourth-order valence-corrected chi connectivity index (χ4v) is 3.25. The van der Waals surface area contributed by atoms with E-state index in [4.69, 9.17) is 0 Å². The first kappa shape index (κ1) is 16.0. The van der Waals surface area contributed by atoms with Crippen LogP contribution in [0.25, 0.3) is 0 Å². The molecule has 1 N–H and O–H groups in total. The summed E-state index contributed by atoms with van der Waals surface area (Å²) >= 11 is 0. The number of nitrogens with zero attached hydrogens (tertiary/aromatic N) is 1. The van der Waals surface area contributed by atoms with E-state index in [0.29, 0.717) is 12.0 Å². The van der Waals surface area contributed by atoms with Crippen LogP contribution in [0.5, 0.6) is 0 Å². The van der Waals surface area contributed by atoms with Crippen molar-refractivity contribution < 1.29 is 4.92 Å². The Balaban J connectivity index is 2.10. The molecule has 0 saturated heterocycles. The molecule has 1 aromatic rings. The van der Waals surface area contributed by atoms with Crippen molar-refractivity contribution >= 4 is 5.69 Å². The number of rotatable bonds is 4. The van der Waals surface area contributed by atoms with Crippen molar-refractivity contribution in [1.29, 1.82) is 0 Å². The summed E-state index contributed by atoms with van der Waals surface area (Å²) < 4.78 is 0. The number of benzene rings is 1. The van der Waals surface area contributed by atoms with Crippen LogP contribution in [-0.4, -0.2) is 11.0 Å². The summed E-state index contributed by atoms with van der Waals surface area (Å²) in [6.45, 7) is 6.20. The minimum atomic E-state index is -0.292. The SMILES string of the molecule is Cc1ccc(C(C)NC2CCCCCC2C)cc1[N+](=O)[O-]. The molecule has 1 aliphatic rings. The van der Waals surface area contributed by atoms with E-state index in [1.807, 2.05) is 12.1 Å². The molecule has 21 heavy (non-hydrogen) atoms. The zero-order valence-electron chi connectivity index (χ0n) is 13.3. The first-order valence-corrected chi connectivity index (χ1v) is 8.00. The van der Waals surface area contributed by atoms with Crippen LogP contribution in [0.15, 0.2) is 18.2 Å². The molecule has 1 aliphatic carbocycles. The lowest BCUT2D eigenvalue weighted by atomic mass is 9.95. The largest absolute Gasteiger partial charge is 0.307 e. The standard InChI is InChI=1S/C17H26N2O2/c1-12-7-5-4-6-8-16(12)18-14(3)15-10-9-13(2)17(11-15)19(20)21/h9-12,14,16,18H,4-8H2,1-3H3. The van der Waals surface area contributed by atoms with E-state index in [1.54, 1.807) is 13.0 Å². The molecular weight excluding hydrogens is 264 g/mol. The van der Waals surface area contributed by atoms with Crippen LogP contribution in [-0.2, 0) is 0 Å². The van der Waals surface area contributed by atoms with Gasteiger partial charge in [-0.25, -0.2) is 0 Å². The van der Waals surface area contributed by atoms with Crippen molar-refractivity contribution in [1.82, 2.24) is 5.32 Å². The van der Waals surface area contributed by atoms with Crippen molar-refractivity contribution in [3.63, 3.8) is 0 Å². The second kappa shape index (κ2) is 7.03. The Bertz CT molecular complexity index is 502. The average molecular weight is 290 g/mol. The summed E-state index contributed by atoms with van der Waals surface area (Å²) in [4.78, 5) is 10.8. The number of nitrogens with one attached hydrogen (secondary N) is 1. The van der Waals surface area contributed by atoms with Gasteiger partial charge in [-0.15, -0.1) is 0 Å². The van der Waals surface area contributed by atoms with Gasteiger partial charge in [-0.2, -0.15) is 0 Å². The molecule has 2 rings (SSSR count). The third kappa shape index (κ3) is 4.03. The zero-order chi connectivity index (χ0) is 15.4. The highest BCUT2D eigenvalue weighted by Crippen LogP contribution is 2.27. The van der Waals surface area contributed by atoms with Crippen LogP contribution in [0.1, 0.15) is 63.1 Å². The van der Waals surface area contributed by atoms with Gasteiger partial charge in [-0.3, -0.25) is 10.1 Å². The molecule has 1 fully saturated rings. The highest BCUT2D eigenvalue weighted by molar-refractivity contribution is 5.43. The molecule has 116 valence electrons. The van der Waals surface area contributed by atoms with E-state index in [0.717, 1.165) is 11.1 Å². The van der Waals surface area contributed by atoms with Gasteiger partial charge in [-0.05, 0) is 38.2 Å². The maximum atomic E-state index is 11.1. The lowest BCUT2D eigenvalue weighted by Gasteiger charge is -2.27. The molecule has 0 aliphatic heterocycles. The van der Waals surface area contributed by atoms with Crippen molar-refractivity contribution in [3.05, 3.63) is 39.4 Å². The van der Waals surface area contributed by atoms with E-state index in [9.17, 15) is 10.1 Å². The van der Waals surface area contributed by atoms with Crippen LogP contribution in [0.4, 0.5) is 5.69 Å². The molecule has 0 bridgehead atoms. The number of aryl methyl sites for hydroxylation is 1. The summed E-state index contributed by atoms with van der Waals surface area (Å²) in [5, 5.41) is 14.8. The molecule has 4 heteroatoms. The number of hydrogen-bond acceptors (Lipinski definition) is 3. The second-order valence-electron chi connectivity index (χ2n) is 6.41. The third-order valence-electron chi connectivity index (χ3n) is 4.76. The lowest BCUT2D eigenvalue weighted by molar-refractivity contribution is -0.385. The molecule has 4 nitrogen and oxygen atoms in total. The van der Waals surface area contributed by atoms with Crippen molar-refractivity contribution in [3.8, 4) is 0 Å². The summed E-state index contributed by atoms with van der Waals surface area (Å²) in [6, 6.07) is 6.23. The smallest absolute Gasteiger partial charge is 0.272 e. The Kier molecular flexibility index (Phi) is 5.34. The van der Waals surface area contributed by atoms with Gasteiger partial charge >= 0.3 is 0 Å². The summed E-state index contributed by atoms with van der Waals surface area (Å²) in [6.07, 6.45) is 6.41. The fourth-order valence-electron chi connectivity index (χ4n) is 3.25. The monoisotopic (exact) mass is 290 g/mol. The quantitative estimate of drug-likeness (QED) is 0.504. The maximum absolute atomic E-state index is 11.1. The van der Waals surface area contributed by atoms with Crippen molar-refractivity contribution in [2.24, 2.45) is 5.92 Å². The molecule has 1 saturated carbocycles. The Morgan fingerprint density at radius 3 is 2.71 bits per heavy atom. The van der Waals surface area contributed by atoms with Crippen molar-refractivity contribution in [2.75, 3.05) is 0 Å². The van der Waals surface area contributed by atoms with Gasteiger partial charge < -0.3 is 5.32 Å². The van der Waals surface area contributed by atoms with E-state index < -0.39 is 0 Å². The van der Waals surface area contributed by atoms with Crippen LogP contribution in [0.2, 0.25) is 0 Å². The van der Waals surface area contributed by atoms with Gasteiger partial charge in [0.25, 0.3) is 5.69 Å². The molecule has 1 aromatic carbocycles. The number of hydrogen-bond donors (Lipinski definition) is 1. The molecule has 0 amide bonds. The lowest BCUT2D eigenvalue weighted by Crippen LogP contribution is -2.36. The van der Waals surface area contributed by atoms with E-state index in [2.05, 4.69) is 19.2 Å². The van der Waals surface area contributed by atoms with Crippen LogP contribution in [0, 0.1) is 23.0 Å². The normalized spacial score (nSPS) is 24.3. The molecule has 0 spiro atoms. The summed E-state index contributed by atoms with van der Waals surface area (Å²) in [5.41, 5.74) is 1.94. The first-order chi connectivity index (χ1) is 9.99. The van der Waals surface area contributed by atoms with E-state index >= 15 is 0 Å². The van der Waals surface area contributed by atoms with Crippen LogP contribution >= 0.6 is 0 Å². The second-order valence-corrected chi connectivity index (χ2v) is 6.41. The molecular formula is C17H26N2O2. The van der Waals surface area contributed by atoms with Gasteiger partial charge in [0.05, 0.1) is 4.92 Å². The highest BCUT2D eigenvalue weighted by Gasteiger charge is 2.22. The average Bonchev–Trinajstić information content (AvgIpc) is 2.64. The molecule has 0 radical (unpaired) electrons. The Morgan fingerprint density at radius 1 is 1.29 bits per heavy atom. The zero-order valence-corrected chi connectivity index (χ0v) is 13.3. The van der Waals surface area contributed by atoms with Gasteiger partial charge in [0.1, 0.15) is 0 Å². The molecule has 0 heterocycles. The maximum Gasteiger partial charge on any atom is 0.272 e. The first-order valence-electron chi connectivity index (χ1n) is 8.00. The summed E-state index contributed by atoms with van der Waals surface area (Å²) in [7, 11) is 0. The van der Waals surface area contributed by atoms with Gasteiger partial charge in [-0.1, -0.05) is 38.3 Å². The predicted octanol–water partition coefficient (Wildman–Crippen LogP) is 4.52. The molecule has 3 atom stereocenters. The topological polar surface area (TPSA) is 55.2 Å². The third-order valence-corrected chi connectivity index (χ3v) is 4.76. The van der Waals surface area contributed by atoms with Gasteiger partial charge in [0, 0.05) is 23.7 Å². The van der Waals surface area contributed by atoms with E-state index in [-0.39, 0.29) is 16.7 Å². The predicted molar refractivity (Wildman–Crippen MR) is 85.4 cm³/mol. The number of nitro benzene ring substituents is 1. The Hall–Kier alpha value is -1.42. The highest BCUT2D eigenvalue weighted by atomic mass is 16.6.